The Hall–Kier alpha value is -6.70. The lowest BCUT2D eigenvalue weighted by Crippen LogP contribution is -1.92. The number of hydrogen-bond donors (Lipinski definition) is 0. The van der Waals surface area contributed by atoms with E-state index in [-0.39, 0.29) is 0 Å². The molecule has 0 saturated heterocycles. The van der Waals surface area contributed by atoms with Gasteiger partial charge in [0.1, 0.15) is 11.2 Å². The lowest BCUT2D eigenvalue weighted by Gasteiger charge is -2.19. The number of hydrogen-bond acceptors (Lipinski definition) is 1. The molecule has 1 aromatic heterocycles. The molecule has 0 unspecified atom stereocenters. The van der Waals surface area contributed by atoms with E-state index < -0.39 is 0 Å². The van der Waals surface area contributed by atoms with Crippen LogP contribution in [-0.4, -0.2) is 0 Å². The first-order valence-corrected chi connectivity index (χ1v) is 17.6. The van der Waals surface area contributed by atoms with Gasteiger partial charge in [-0.25, -0.2) is 0 Å². The van der Waals surface area contributed by atoms with Crippen molar-refractivity contribution in [1.82, 2.24) is 0 Å². The fourth-order valence-corrected chi connectivity index (χ4v) is 8.61. The highest BCUT2D eigenvalue weighted by atomic mass is 16.3. The minimum absolute atomic E-state index is 0.910. The molecule has 11 rings (SSSR count). The number of furan rings is 1. The molecule has 11 aromatic rings. The molecule has 0 aliphatic carbocycles. The van der Waals surface area contributed by atoms with E-state index in [1.165, 1.54) is 87.2 Å². The van der Waals surface area contributed by atoms with Crippen molar-refractivity contribution < 1.29 is 4.42 Å². The molecule has 1 heteroatoms. The quantitative estimate of drug-likeness (QED) is 0.138. The third-order valence-electron chi connectivity index (χ3n) is 10.8. The summed E-state index contributed by atoms with van der Waals surface area (Å²) in [6.07, 6.45) is 0. The Morgan fingerprint density at radius 1 is 0.294 bits per heavy atom. The molecule has 1 nitrogen and oxygen atoms in total. The van der Waals surface area contributed by atoms with Crippen LogP contribution >= 0.6 is 0 Å². The van der Waals surface area contributed by atoms with Crippen LogP contribution in [0.15, 0.2) is 186 Å². The van der Waals surface area contributed by atoms with Gasteiger partial charge in [-0.2, -0.15) is 0 Å². The van der Waals surface area contributed by atoms with E-state index in [2.05, 4.69) is 182 Å². The minimum Gasteiger partial charge on any atom is -0.455 e. The van der Waals surface area contributed by atoms with Crippen LogP contribution < -0.4 is 0 Å². The topological polar surface area (TPSA) is 13.1 Å². The molecule has 1 heterocycles. The largest absolute Gasteiger partial charge is 0.455 e. The maximum absolute atomic E-state index is 6.63. The fraction of sp³-hybridized carbons (Fsp3) is 0. The van der Waals surface area contributed by atoms with Crippen molar-refractivity contribution in [3.63, 3.8) is 0 Å². The Morgan fingerprint density at radius 3 is 1.53 bits per heavy atom. The molecule has 0 aliphatic heterocycles. The van der Waals surface area contributed by atoms with Crippen LogP contribution in [0.2, 0.25) is 0 Å². The minimum atomic E-state index is 0.910. The van der Waals surface area contributed by atoms with Gasteiger partial charge in [0, 0.05) is 16.2 Å². The molecule has 0 amide bonds. The smallest absolute Gasteiger partial charge is 0.143 e. The second-order valence-electron chi connectivity index (χ2n) is 13.6. The molecule has 51 heavy (non-hydrogen) atoms. The summed E-state index contributed by atoms with van der Waals surface area (Å²) in [7, 11) is 0. The lowest BCUT2D eigenvalue weighted by molar-refractivity contribution is 0.673. The Labute approximate surface area is 294 Å². The molecular weight excluding hydrogens is 617 g/mol. The predicted molar refractivity (Wildman–Crippen MR) is 218 cm³/mol. The molecule has 0 bridgehead atoms. The van der Waals surface area contributed by atoms with Gasteiger partial charge < -0.3 is 4.42 Å². The van der Waals surface area contributed by atoms with Crippen LogP contribution in [0.1, 0.15) is 0 Å². The molecule has 236 valence electrons. The van der Waals surface area contributed by atoms with Gasteiger partial charge in [-0.15, -0.1) is 0 Å². The van der Waals surface area contributed by atoms with Gasteiger partial charge in [-0.1, -0.05) is 164 Å². The highest BCUT2D eigenvalue weighted by molar-refractivity contribution is 6.30. The maximum atomic E-state index is 6.63. The Bertz CT molecular complexity index is 3130. The standard InChI is InChI=1S/C50H30O/c1-2-17-35-31(13-1)14-12-26-38(35)48-42-23-8-6-21-40(42)47(41-22-7-9-24-43(41)48)34-16-11-15-32(29-34)33-27-28-46-45(30-33)49-39-20-5-3-18-36(39)37-19-4-10-25-44(37)50(49)51-46/h1-30H. The first-order chi connectivity index (χ1) is 25.3. The molecule has 0 atom stereocenters. The van der Waals surface area contributed by atoms with E-state index in [1.807, 2.05) is 0 Å². The SMILES string of the molecule is c1cc(-c2ccc3oc4c5ccccc5c5ccccc5c4c3c2)cc(-c2c3ccccc3c(-c3cccc4ccccc34)c3ccccc23)c1. The average Bonchev–Trinajstić information content (AvgIpc) is 3.59. The fourth-order valence-electron chi connectivity index (χ4n) is 8.61. The number of rotatable bonds is 3. The lowest BCUT2D eigenvalue weighted by atomic mass is 9.84. The second kappa shape index (κ2) is 10.9. The van der Waals surface area contributed by atoms with Crippen LogP contribution in [0.3, 0.4) is 0 Å². The summed E-state index contributed by atoms with van der Waals surface area (Å²) in [5, 5.41) is 14.7. The van der Waals surface area contributed by atoms with Gasteiger partial charge >= 0.3 is 0 Å². The summed E-state index contributed by atoms with van der Waals surface area (Å²) in [6, 6.07) is 66.2. The second-order valence-corrected chi connectivity index (χ2v) is 13.6. The van der Waals surface area contributed by atoms with Crippen LogP contribution in [0.4, 0.5) is 0 Å². The van der Waals surface area contributed by atoms with E-state index in [0.717, 1.165) is 21.9 Å². The van der Waals surface area contributed by atoms with Gasteiger partial charge in [0.25, 0.3) is 0 Å². The monoisotopic (exact) mass is 646 g/mol. The van der Waals surface area contributed by atoms with Crippen LogP contribution in [-0.2, 0) is 0 Å². The predicted octanol–water partition coefficient (Wildman–Crippen LogP) is 14.4. The van der Waals surface area contributed by atoms with Crippen molar-refractivity contribution in [3.05, 3.63) is 182 Å². The Balaban J connectivity index is 1.15. The van der Waals surface area contributed by atoms with E-state index in [9.17, 15) is 0 Å². The molecule has 0 saturated carbocycles. The molecule has 0 aliphatic rings. The molecule has 0 N–H and O–H groups in total. The van der Waals surface area contributed by atoms with Crippen molar-refractivity contribution in [1.29, 1.82) is 0 Å². The van der Waals surface area contributed by atoms with Crippen molar-refractivity contribution in [2.24, 2.45) is 0 Å². The number of fused-ring (bicyclic) bond motifs is 11. The highest BCUT2D eigenvalue weighted by Crippen LogP contribution is 2.46. The molecule has 0 radical (unpaired) electrons. The number of benzene rings is 10. The summed E-state index contributed by atoms with van der Waals surface area (Å²) in [4.78, 5) is 0. The van der Waals surface area contributed by atoms with Gasteiger partial charge in [0.05, 0.1) is 0 Å². The van der Waals surface area contributed by atoms with Crippen molar-refractivity contribution >= 4 is 75.8 Å². The van der Waals surface area contributed by atoms with Crippen LogP contribution in [0, 0.1) is 0 Å². The summed E-state index contributed by atoms with van der Waals surface area (Å²) in [5.74, 6) is 0. The molecule has 10 aromatic carbocycles. The van der Waals surface area contributed by atoms with E-state index in [4.69, 9.17) is 4.42 Å². The summed E-state index contributed by atoms with van der Waals surface area (Å²) in [5.41, 5.74) is 9.24. The summed E-state index contributed by atoms with van der Waals surface area (Å²) >= 11 is 0. The van der Waals surface area contributed by atoms with Crippen LogP contribution in [0.25, 0.3) is 109 Å². The third kappa shape index (κ3) is 4.16. The molecule has 0 spiro atoms. The molecule has 0 fully saturated rings. The Morgan fingerprint density at radius 2 is 0.804 bits per heavy atom. The van der Waals surface area contributed by atoms with Gasteiger partial charge in [-0.05, 0) is 100 Å². The summed E-state index contributed by atoms with van der Waals surface area (Å²) in [6.45, 7) is 0. The zero-order valence-electron chi connectivity index (χ0n) is 27.7. The zero-order chi connectivity index (χ0) is 33.5. The van der Waals surface area contributed by atoms with Crippen molar-refractivity contribution in [2.45, 2.75) is 0 Å². The first kappa shape index (κ1) is 28.2. The van der Waals surface area contributed by atoms with Gasteiger partial charge in [-0.3, -0.25) is 0 Å². The van der Waals surface area contributed by atoms with Crippen molar-refractivity contribution in [3.8, 4) is 33.4 Å². The first-order valence-electron chi connectivity index (χ1n) is 17.6. The van der Waals surface area contributed by atoms with Gasteiger partial charge in [0.2, 0.25) is 0 Å². The normalized spacial score (nSPS) is 11.9. The molecular formula is C50H30O. The van der Waals surface area contributed by atoms with Crippen LogP contribution in [0.5, 0.6) is 0 Å². The van der Waals surface area contributed by atoms with Gasteiger partial charge in [0.15, 0.2) is 0 Å². The third-order valence-corrected chi connectivity index (χ3v) is 10.8. The highest BCUT2D eigenvalue weighted by Gasteiger charge is 2.19. The summed E-state index contributed by atoms with van der Waals surface area (Å²) < 4.78 is 6.63. The van der Waals surface area contributed by atoms with Crippen molar-refractivity contribution in [2.75, 3.05) is 0 Å². The zero-order valence-corrected chi connectivity index (χ0v) is 27.7. The average molecular weight is 647 g/mol. The van der Waals surface area contributed by atoms with E-state index in [0.29, 0.717) is 0 Å². The Kier molecular flexibility index (Phi) is 6.02. The maximum Gasteiger partial charge on any atom is 0.143 e. The van der Waals surface area contributed by atoms with E-state index in [1.54, 1.807) is 0 Å². The van der Waals surface area contributed by atoms with E-state index >= 15 is 0 Å².